The molecule has 0 radical (unpaired) electrons. The van der Waals surface area contributed by atoms with E-state index in [0.29, 0.717) is 5.69 Å². The summed E-state index contributed by atoms with van der Waals surface area (Å²) in [5, 5.41) is 10.1. The van der Waals surface area contributed by atoms with Gasteiger partial charge in [0.1, 0.15) is 0 Å². The number of aryl methyl sites for hydroxylation is 1. The van der Waals surface area contributed by atoms with Crippen molar-refractivity contribution in [2.45, 2.75) is 6.92 Å². The number of hydrogen-bond acceptors (Lipinski definition) is 4. The van der Waals surface area contributed by atoms with Gasteiger partial charge in [-0.15, -0.1) is 5.10 Å². The molecule has 1 fully saturated rings. The third-order valence-corrected chi connectivity index (χ3v) is 4.68. The van der Waals surface area contributed by atoms with Crippen molar-refractivity contribution in [2.24, 2.45) is 0 Å². The second kappa shape index (κ2) is 7.63. The Balaban J connectivity index is 1.70. The lowest BCUT2D eigenvalue weighted by molar-refractivity contribution is 0.0993. The summed E-state index contributed by atoms with van der Waals surface area (Å²) < 4.78 is 0. The molecule has 27 heavy (non-hydrogen) atoms. The highest BCUT2D eigenvalue weighted by Crippen LogP contribution is 2.27. The number of anilines is 2. The van der Waals surface area contributed by atoms with Crippen LogP contribution in [0.1, 0.15) is 16.2 Å². The Bertz CT molecular complexity index is 861. The van der Waals surface area contributed by atoms with E-state index in [1.54, 1.807) is 4.90 Å². The zero-order valence-electron chi connectivity index (χ0n) is 15.4. The molecule has 0 unspecified atom stereocenters. The molecule has 1 N–H and O–H groups in total. The fourth-order valence-electron chi connectivity index (χ4n) is 3.35. The number of amides is 1. The van der Waals surface area contributed by atoms with Crippen LogP contribution < -0.4 is 15.2 Å². The quantitative estimate of drug-likeness (QED) is 0.776. The molecule has 2 aromatic carbocycles. The van der Waals surface area contributed by atoms with Crippen LogP contribution in [-0.4, -0.2) is 42.0 Å². The predicted molar refractivity (Wildman–Crippen MR) is 107 cm³/mol. The van der Waals surface area contributed by atoms with Gasteiger partial charge in [-0.2, -0.15) is 4.79 Å². The van der Waals surface area contributed by atoms with E-state index in [4.69, 9.17) is 0 Å². The molecule has 1 saturated heterocycles. The smallest absolute Gasteiger partial charge is 0.283 e. The highest BCUT2D eigenvalue weighted by molar-refractivity contribution is 6.09. The van der Waals surface area contributed by atoms with Gasteiger partial charge < -0.3 is 5.32 Å². The lowest BCUT2D eigenvalue weighted by atomic mass is 10.2. The van der Waals surface area contributed by atoms with Crippen molar-refractivity contribution in [2.75, 3.05) is 36.1 Å². The summed E-state index contributed by atoms with van der Waals surface area (Å²) in [6.07, 6.45) is 0. The highest BCUT2D eigenvalue weighted by Gasteiger charge is 2.24. The molecular formula is C21H23N5O. The predicted octanol–water partition coefficient (Wildman–Crippen LogP) is 2.71. The molecular weight excluding hydrogens is 338 g/mol. The van der Waals surface area contributed by atoms with Crippen LogP contribution in [0.4, 0.5) is 11.4 Å². The molecule has 0 atom stereocenters. The SMILES string of the molecule is Cc1cc(C(=O)N(c2ccccc2)c2ccccc2)nn1N1CCNCC1. The number of benzene rings is 2. The van der Waals surface area contributed by atoms with Crippen LogP contribution in [0, 0.1) is 6.92 Å². The van der Waals surface area contributed by atoms with Crippen LogP contribution in [0.15, 0.2) is 66.7 Å². The third-order valence-electron chi connectivity index (χ3n) is 4.68. The molecule has 1 aliphatic rings. The van der Waals surface area contributed by atoms with E-state index in [1.807, 2.05) is 78.4 Å². The van der Waals surface area contributed by atoms with Gasteiger partial charge in [-0.3, -0.25) is 14.7 Å². The fraction of sp³-hybridized carbons (Fsp3) is 0.238. The number of carbonyl (C=O) groups excluding carboxylic acids is 1. The summed E-state index contributed by atoms with van der Waals surface area (Å²) in [6.45, 7) is 5.57. The molecule has 6 nitrogen and oxygen atoms in total. The number of aromatic nitrogens is 2. The lowest BCUT2D eigenvalue weighted by Crippen LogP contribution is -2.50. The third kappa shape index (κ3) is 3.57. The van der Waals surface area contributed by atoms with Crippen molar-refractivity contribution in [1.29, 1.82) is 0 Å². The summed E-state index contributed by atoms with van der Waals surface area (Å²) in [7, 11) is 0. The van der Waals surface area contributed by atoms with Crippen LogP contribution in [0.3, 0.4) is 0 Å². The molecule has 138 valence electrons. The highest BCUT2D eigenvalue weighted by atomic mass is 16.2. The summed E-state index contributed by atoms with van der Waals surface area (Å²) in [4.78, 5) is 17.0. The molecule has 2 heterocycles. The second-order valence-electron chi connectivity index (χ2n) is 6.58. The van der Waals surface area contributed by atoms with E-state index >= 15 is 0 Å². The van der Waals surface area contributed by atoms with Gasteiger partial charge >= 0.3 is 0 Å². The van der Waals surface area contributed by atoms with E-state index < -0.39 is 0 Å². The number of hydrogen-bond donors (Lipinski definition) is 1. The molecule has 0 spiro atoms. The van der Waals surface area contributed by atoms with E-state index in [0.717, 1.165) is 43.2 Å². The first-order chi connectivity index (χ1) is 13.2. The zero-order chi connectivity index (χ0) is 18.6. The Kier molecular flexibility index (Phi) is 4.89. The van der Waals surface area contributed by atoms with Gasteiger partial charge in [-0.25, -0.2) is 0 Å². The Morgan fingerprint density at radius 1 is 0.963 bits per heavy atom. The van der Waals surface area contributed by atoms with E-state index in [1.165, 1.54) is 0 Å². The maximum atomic E-state index is 13.4. The second-order valence-corrected chi connectivity index (χ2v) is 6.58. The molecule has 0 bridgehead atoms. The molecule has 4 rings (SSSR count). The number of nitrogens with one attached hydrogen (secondary N) is 1. The van der Waals surface area contributed by atoms with Gasteiger partial charge in [0.05, 0.1) is 5.69 Å². The van der Waals surface area contributed by atoms with Crippen molar-refractivity contribution >= 4 is 17.3 Å². The zero-order valence-corrected chi connectivity index (χ0v) is 15.4. The Labute approximate surface area is 159 Å². The average molecular weight is 361 g/mol. The van der Waals surface area contributed by atoms with Gasteiger partial charge in [0.2, 0.25) is 0 Å². The standard InChI is InChI=1S/C21H23N5O/c1-17-16-20(23-26(17)24-14-12-22-13-15-24)21(27)25(18-8-4-2-5-9-18)19-10-6-3-7-11-19/h2-11,16,22H,12-15H2,1H3. The van der Waals surface area contributed by atoms with Gasteiger partial charge in [-0.1, -0.05) is 36.4 Å². The van der Waals surface area contributed by atoms with Crippen molar-refractivity contribution in [3.05, 3.63) is 78.1 Å². The number of nitrogens with zero attached hydrogens (tertiary/aromatic N) is 4. The monoisotopic (exact) mass is 361 g/mol. The summed E-state index contributed by atoms with van der Waals surface area (Å²) in [5.41, 5.74) is 3.05. The molecule has 1 aromatic heterocycles. The van der Waals surface area contributed by atoms with Crippen molar-refractivity contribution < 1.29 is 4.79 Å². The van der Waals surface area contributed by atoms with E-state index in [2.05, 4.69) is 15.4 Å². The van der Waals surface area contributed by atoms with Gasteiger partial charge in [-0.05, 0) is 37.3 Å². The van der Waals surface area contributed by atoms with Crippen LogP contribution in [-0.2, 0) is 0 Å². The molecule has 1 aliphatic heterocycles. The molecule has 3 aromatic rings. The van der Waals surface area contributed by atoms with Gasteiger partial charge in [0.15, 0.2) is 5.69 Å². The first-order valence-electron chi connectivity index (χ1n) is 9.21. The van der Waals surface area contributed by atoms with E-state index in [9.17, 15) is 4.79 Å². The number of para-hydroxylation sites is 2. The van der Waals surface area contributed by atoms with Crippen LogP contribution >= 0.6 is 0 Å². The van der Waals surface area contributed by atoms with E-state index in [-0.39, 0.29) is 5.91 Å². The maximum Gasteiger partial charge on any atom is 0.283 e. The van der Waals surface area contributed by atoms with Crippen molar-refractivity contribution in [3.8, 4) is 0 Å². The fourth-order valence-corrected chi connectivity index (χ4v) is 3.35. The molecule has 0 aliphatic carbocycles. The first-order valence-corrected chi connectivity index (χ1v) is 9.21. The van der Waals surface area contributed by atoms with Gasteiger partial charge in [0.25, 0.3) is 5.91 Å². The largest absolute Gasteiger partial charge is 0.313 e. The Morgan fingerprint density at radius 2 is 1.52 bits per heavy atom. The summed E-state index contributed by atoms with van der Waals surface area (Å²) in [6, 6.07) is 21.2. The average Bonchev–Trinajstić information content (AvgIpc) is 3.12. The molecule has 6 heteroatoms. The minimum atomic E-state index is -0.135. The van der Waals surface area contributed by atoms with Crippen molar-refractivity contribution in [1.82, 2.24) is 15.2 Å². The number of carbonyl (C=O) groups is 1. The number of rotatable bonds is 4. The number of piperazine rings is 1. The van der Waals surface area contributed by atoms with Crippen molar-refractivity contribution in [3.63, 3.8) is 0 Å². The summed E-state index contributed by atoms with van der Waals surface area (Å²) >= 11 is 0. The molecule has 0 saturated carbocycles. The lowest BCUT2D eigenvalue weighted by Gasteiger charge is -2.29. The normalized spacial score (nSPS) is 14.2. The first kappa shape index (κ1) is 17.3. The Hall–Kier alpha value is -3.12. The summed E-state index contributed by atoms with van der Waals surface area (Å²) in [5.74, 6) is -0.135. The minimum absolute atomic E-state index is 0.135. The molecule has 1 amide bonds. The Morgan fingerprint density at radius 3 is 2.07 bits per heavy atom. The van der Waals surface area contributed by atoms with Gasteiger partial charge in [0, 0.05) is 37.6 Å². The van der Waals surface area contributed by atoms with Crippen LogP contribution in [0.5, 0.6) is 0 Å². The van der Waals surface area contributed by atoms with Crippen LogP contribution in [0.25, 0.3) is 0 Å². The minimum Gasteiger partial charge on any atom is -0.313 e. The maximum absolute atomic E-state index is 13.4. The topological polar surface area (TPSA) is 53.4 Å². The van der Waals surface area contributed by atoms with Crippen LogP contribution in [0.2, 0.25) is 0 Å².